The smallest absolute Gasteiger partial charge is 0.263 e. The predicted octanol–water partition coefficient (Wildman–Crippen LogP) is 2.57. The topological polar surface area (TPSA) is 41.6 Å². The minimum absolute atomic E-state index is 0.0964. The molecule has 0 aromatic heterocycles. The lowest BCUT2D eigenvalue weighted by atomic mass is 10.2. The van der Waals surface area contributed by atoms with Crippen LogP contribution in [0.25, 0.3) is 0 Å². The first-order valence-electron chi connectivity index (χ1n) is 7.84. The quantitative estimate of drug-likeness (QED) is 0.875. The number of benzene rings is 1. The van der Waals surface area contributed by atoms with Gasteiger partial charge >= 0.3 is 0 Å². The lowest BCUT2D eigenvalue weighted by Crippen LogP contribution is -2.38. The first kappa shape index (κ1) is 15.8. The summed E-state index contributed by atoms with van der Waals surface area (Å²) in [5, 5.41) is 3.38. The van der Waals surface area contributed by atoms with E-state index in [2.05, 4.69) is 19.2 Å². The molecule has 1 saturated heterocycles. The van der Waals surface area contributed by atoms with Crippen LogP contribution in [0.2, 0.25) is 0 Å². The minimum atomic E-state index is -0.428. The number of hydrogen-bond acceptors (Lipinski definition) is 3. The van der Waals surface area contributed by atoms with E-state index in [4.69, 9.17) is 4.74 Å². The van der Waals surface area contributed by atoms with Crippen molar-refractivity contribution in [2.75, 3.05) is 13.1 Å². The largest absolute Gasteiger partial charge is 0.481 e. The Balaban J connectivity index is 1.99. The highest BCUT2D eigenvalue weighted by Crippen LogP contribution is 2.20. The summed E-state index contributed by atoms with van der Waals surface area (Å²) in [6.07, 6.45) is 1.78. The molecule has 1 aliphatic rings. The van der Waals surface area contributed by atoms with Crippen molar-refractivity contribution in [3.8, 4) is 5.75 Å². The van der Waals surface area contributed by atoms with Crippen LogP contribution in [0.1, 0.15) is 39.2 Å². The van der Waals surface area contributed by atoms with Gasteiger partial charge in [-0.3, -0.25) is 4.79 Å². The van der Waals surface area contributed by atoms with Crippen molar-refractivity contribution in [2.24, 2.45) is 0 Å². The number of ether oxygens (including phenoxy) is 1. The third-order valence-corrected chi connectivity index (χ3v) is 3.74. The van der Waals surface area contributed by atoms with Gasteiger partial charge in [-0.25, -0.2) is 0 Å². The van der Waals surface area contributed by atoms with Gasteiger partial charge in [-0.05, 0) is 25.8 Å². The van der Waals surface area contributed by atoms with Crippen LogP contribution < -0.4 is 10.1 Å². The zero-order valence-electron chi connectivity index (χ0n) is 13.3. The minimum Gasteiger partial charge on any atom is -0.481 e. The molecular formula is C17H26N2O2. The molecule has 1 unspecified atom stereocenters. The molecule has 0 saturated carbocycles. The van der Waals surface area contributed by atoms with E-state index in [1.807, 2.05) is 36.1 Å². The third kappa shape index (κ3) is 4.46. The Labute approximate surface area is 127 Å². The average molecular weight is 290 g/mol. The van der Waals surface area contributed by atoms with E-state index in [0.29, 0.717) is 6.04 Å². The Morgan fingerprint density at radius 3 is 2.57 bits per heavy atom. The van der Waals surface area contributed by atoms with Crippen LogP contribution in [0.15, 0.2) is 24.3 Å². The monoisotopic (exact) mass is 290 g/mol. The summed E-state index contributed by atoms with van der Waals surface area (Å²) in [7, 11) is 0. The lowest BCUT2D eigenvalue weighted by molar-refractivity contribution is -0.136. The first-order chi connectivity index (χ1) is 10.1. The number of amides is 1. The van der Waals surface area contributed by atoms with E-state index < -0.39 is 6.10 Å². The molecule has 0 radical (unpaired) electrons. The van der Waals surface area contributed by atoms with Crippen molar-refractivity contribution >= 4 is 5.91 Å². The van der Waals surface area contributed by atoms with Gasteiger partial charge in [-0.15, -0.1) is 0 Å². The van der Waals surface area contributed by atoms with E-state index in [1.165, 1.54) is 0 Å². The normalized spacial score (nSPS) is 16.3. The van der Waals surface area contributed by atoms with Gasteiger partial charge in [0.25, 0.3) is 5.91 Å². The molecule has 0 aliphatic carbocycles. The zero-order chi connectivity index (χ0) is 15.2. The molecule has 1 amide bonds. The fourth-order valence-electron chi connectivity index (χ4n) is 2.51. The highest BCUT2D eigenvalue weighted by Gasteiger charge is 2.24. The second-order valence-corrected chi connectivity index (χ2v) is 5.94. The van der Waals surface area contributed by atoms with E-state index in [0.717, 1.165) is 43.8 Å². The molecule has 4 nitrogen and oxygen atoms in total. The molecule has 1 aromatic rings. The van der Waals surface area contributed by atoms with Crippen molar-refractivity contribution in [2.45, 2.75) is 52.3 Å². The van der Waals surface area contributed by atoms with Gasteiger partial charge in [-0.2, -0.15) is 0 Å². The van der Waals surface area contributed by atoms with Gasteiger partial charge in [0.1, 0.15) is 5.75 Å². The third-order valence-electron chi connectivity index (χ3n) is 3.74. The molecule has 1 N–H and O–H groups in total. The van der Waals surface area contributed by atoms with Crippen LogP contribution >= 0.6 is 0 Å². The number of rotatable bonds is 6. The van der Waals surface area contributed by atoms with E-state index in [9.17, 15) is 4.79 Å². The predicted molar refractivity (Wildman–Crippen MR) is 84.3 cm³/mol. The Hall–Kier alpha value is -1.55. The van der Waals surface area contributed by atoms with Crippen LogP contribution in [0.5, 0.6) is 5.75 Å². The van der Waals surface area contributed by atoms with E-state index >= 15 is 0 Å². The van der Waals surface area contributed by atoms with Crippen molar-refractivity contribution in [3.63, 3.8) is 0 Å². The van der Waals surface area contributed by atoms with Crippen LogP contribution in [0, 0.1) is 0 Å². The maximum absolute atomic E-state index is 12.3. The molecule has 1 heterocycles. The molecule has 0 spiro atoms. The van der Waals surface area contributed by atoms with Crippen molar-refractivity contribution in [1.29, 1.82) is 0 Å². The number of hydrogen-bond donors (Lipinski definition) is 1. The summed E-state index contributed by atoms with van der Waals surface area (Å²) in [6, 6.07) is 8.34. The molecule has 4 heteroatoms. The number of nitrogens with one attached hydrogen (secondary N) is 1. The molecule has 1 aromatic carbocycles. The van der Waals surface area contributed by atoms with Gasteiger partial charge in [-0.1, -0.05) is 32.0 Å². The molecular weight excluding hydrogens is 264 g/mol. The molecule has 1 fully saturated rings. The molecule has 116 valence electrons. The first-order valence-corrected chi connectivity index (χ1v) is 7.84. The van der Waals surface area contributed by atoms with Crippen molar-refractivity contribution in [3.05, 3.63) is 29.8 Å². The average Bonchev–Trinajstić information content (AvgIpc) is 2.99. The van der Waals surface area contributed by atoms with Crippen molar-refractivity contribution in [1.82, 2.24) is 10.2 Å². The van der Waals surface area contributed by atoms with Gasteiger partial charge < -0.3 is 15.0 Å². The Morgan fingerprint density at radius 1 is 1.24 bits per heavy atom. The van der Waals surface area contributed by atoms with Crippen LogP contribution in [-0.2, 0) is 11.3 Å². The standard InChI is InChI=1S/C17H26N2O2/c1-13(2)18-12-15-8-4-5-9-16(15)21-14(3)17(20)19-10-6-7-11-19/h4-5,8-9,13-14,18H,6-7,10-12H2,1-3H3. The van der Waals surface area contributed by atoms with E-state index in [-0.39, 0.29) is 5.91 Å². The Morgan fingerprint density at radius 2 is 1.90 bits per heavy atom. The fourth-order valence-corrected chi connectivity index (χ4v) is 2.51. The summed E-state index contributed by atoms with van der Waals surface area (Å²) in [5.41, 5.74) is 1.09. The van der Waals surface area contributed by atoms with Gasteiger partial charge in [0.2, 0.25) is 0 Å². The van der Waals surface area contributed by atoms with Gasteiger partial charge in [0, 0.05) is 31.2 Å². The van der Waals surface area contributed by atoms with Gasteiger partial charge in [0.05, 0.1) is 0 Å². The number of nitrogens with zero attached hydrogens (tertiary/aromatic N) is 1. The number of para-hydroxylation sites is 1. The van der Waals surface area contributed by atoms with Crippen molar-refractivity contribution < 1.29 is 9.53 Å². The molecule has 2 rings (SSSR count). The van der Waals surface area contributed by atoms with Crippen LogP contribution in [-0.4, -0.2) is 36.0 Å². The highest BCUT2D eigenvalue weighted by atomic mass is 16.5. The fraction of sp³-hybridized carbons (Fsp3) is 0.588. The second-order valence-electron chi connectivity index (χ2n) is 5.94. The SMILES string of the molecule is CC(C)NCc1ccccc1OC(C)C(=O)N1CCCC1. The second kappa shape index (κ2) is 7.46. The molecule has 21 heavy (non-hydrogen) atoms. The number of likely N-dealkylation sites (tertiary alicyclic amines) is 1. The lowest BCUT2D eigenvalue weighted by Gasteiger charge is -2.22. The van der Waals surface area contributed by atoms with Gasteiger partial charge in [0.15, 0.2) is 6.10 Å². The summed E-state index contributed by atoms with van der Waals surface area (Å²) < 4.78 is 5.92. The van der Waals surface area contributed by atoms with Crippen LogP contribution in [0.4, 0.5) is 0 Å². The molecule has 0 bridgehead atoms. The number of carbonyl (C=O) groups is 1. The maximum atomic E-state index is 12.3. The zero-order valence-corrected chi connectivity index (χ0v) is 13.3. The summed E-state index contributed by atoms with van der Waals surface area (Å²) in [6.45, 7) is 8.55. The highest BCUT2D eigenvalue weighted by molar-refractivity contribution is 5.81. The maximum Gasteiger partial charge on any atom is 0.263 e. The summed E-state index contributed by atoms with van der Waals surface area (Å²) in [4.78, 5) is 14.2. The molecule has 1 atom stereocenters. The van der Waals surface area contributed by atoms with Crippen LogP contribution in [0.3, 0.4) is 0 Å². The Kier molecular flexibility index (Phi) is 5.62. The molecule has 1 aliphatic heterocycles. The van der Waals surface area contributed by atoms with E-state index in [1.54, 1.807) is 0 Å². The Bertz CT molecular complexity index is 468. The summed E-state index contributed by atoms with van der Waals surface area (Å²) in [5.74, 6) is 0.893. The number of carbonyl (C=O) groups excluding carboxylic acids is 1. The summed E-state index contributed by atoms with van der Waals surface area (Å²) >= 11 is 0.